The second kappa shape index (κ2) is 17.5. The van der Waals surface area contributed by atoms with Crippen molar-refractivity contribution in [2.45, 2.75) is 155 Å². The molecule has 12 atom stereocenters. The standard InChI is InChI=1S/C38H68N4O6/c1-5-48-36(47)31(11-7-9-21-40)42-35(46)30(10-6-8-20-39)41-33(45)15-12-24(2)27-13-14-28-34-29(17-19-38(27,28)4)37(3)18-16-26(43)22-25(37)23-32(34)44/h24-32,34,43-44H,5-23,39-40H2,1-4H3,(H,41,45)(H,42,46)/t24-,25+,26-,27-,28+,29+,30+,31+,32-,34+,37+,38-/m1/s1. The minimum Gasteiger partial charge on any atom is -0.464 e. The number of nitrogens with two attached hydrogens (primary N) is 2. The first-order valence-electron chi connectivity index (χ1n) is 19.4. The highest BCUT2D eigenvalue weighted by Gasteiger charge is 2.62. The zero-order chi connectivity index (χ0) is 35.1. The highest BCUT2D eigenvalue weighted by molar-refractivity contribution is 5.90. The Hall–Kier alpha value is -1.75. The van der Waals surface area contributed by atoms with Gasteiger partial charge >= 0.3 is 5.97 Å². The first kappa shape index (κ1) is 39.0. The van der Waals surface area contributed by atoms with Gasteiger partial charge in [0.25, 0.3) is 0 Å². The van der Waals surface area contributed by atoms with E-state index in [1.807, 2.05) is 0 Å². The molecular weight excluding hydrogens is 608 g/mol. The van der Waals surface area contributed by atoms with Gasteiger partial charge in [-0.15, -0.1) is 0 Å². The van der Waals surface area contributed by atoms with Gasteiger partial charge in [0.2, 0.25) is 11.8 Å². The maximum absolute atomic E-state index is 13.4. The molecule has 48 heavy (non-hydrogen) atoms. The predicted octanol–water partition coefficient (Wildman–Crippen LogP) is 4.18. The molecule has 0 aromatic carbocycles. The summed E-state index contributed by atoms with van der Waals surface area (Å²) in [6.07, 6.45) is 12.5. The van der Waals surface area contributed by atoms with Crippen molar-refractivity contribution in [3.8, 4) is 0 Å². The summed E-state index contributed by atoms with van der Waals surface area (Å²) in [5.74, 6) is 1.60. The number of fused-ring (bicyclic) bond motifs is 5. The molecule has 0 radical (unpaired) electrons. The van der Waals surface area contributed by atoms with E-state index in [2.05, 4.69) is 31.4 Å². The van der Waals surface area contributed by atoms with Gasteiger partial charge in [-0.1, -0.05) is 20.8 Å². The molecular formula is C38H68N4O6. The number of aliphatic hydroxyl groups is 2. The molecule has 0 unspecified atom stereocenters. The summed E-state index contributed by atoms with van der Waals surface area (Å²) in [5, 5.41) is 27.8. The fourth-order valence-electron chi connectivity index (χ4n) is 11.0. The fourth-order valence-corrected chi connectivity index (χ4v) is 11.0. The Morgan fingerprint density at radius 1 is 0.833 bits per heavy atom. The molecule has 0 spiro atoms. The van der Waals surface area contributed by atoms with E-state index in [-0.39, 0.29) is 41.5 Å². The number of ether oxygens (including phenoxy) is 1. The SMILES string of the molecule is CCOC(=O)[C@H](CCCCN)NC(=O)[C@H](CCCCN)NC(=O)CC[C@@H](C)[C@H]1CC[C@H]2[C@@H]3[C@H](O)C[C@@H]4C[C@H](O)CC[C@]4(C)[C@H]3CC[C@]12C. The minimum absolute atomic E-state index is 0.143. The molecule has 0 bridgehead atoms. The third-order valence-corrected chi connectivity index (χ3v) is 13.7. The molecule has 4 fully saturated rings. The van der Waals surface area contributed by atoms with Gasteiger partial charge in [0.15, 0.2) is 0 Å². The van der Waals surface area contributed by atoms with Crippen molar-refractivity contribution < 1.29 is 29.3 Å². The van der Waals surface area contributed by atoms with Gasteiger partial charge in [-0.3, -0.25) is 9.59 Å². The average Bonchev–Trinajstić information content (AvgIpc) is 3.41. The van der Waals surface area contributed by atoms with Crippen LogP contribution in [0.4, 0.5) is 0 Å². The smallest absolute Gasteiger partial charge is 0.328 e. The van der Waals surface area contributed by atoms with Gasteiger partial charge in [0.05, 0.1) is 18.8 Å². The van der Waals surface area contributed by atoms with E-state index in [1.165, 1.54) is 0 Å². The Balaban J connectivity index is 1.35. The molecule has 10 heteroatoms. The minimum atomic E-state index is -0.773. The van der Waals surface area contributed by atoms with Crippen molar-refractivity contribution in [3.05, 3.63) is 0 Å². The van der Waals surface area contributed by atoms with Crippen molar-refractivity contribution >= 4 is 17.8 Å². The van der Waals surface area contributed by atoms with Gasteiger partial charge in [-0.05, 0) is 163 Å². The van der Waals surface area contributed by atoms with Crippen molar-refractivity contribution in [1.82, 2.24) is 10.6 Å². The molecule has 0 aromatic heterocycles. The Morgan fingerprint density at radius 3 is 2.15 bits per heavy atom. The van der Waals surface area contributed by atoms with Crippen molar-refractivity contribution in [2.24, 2.45) is 57.8 Å². The van der Waals surface area contributed by atoms with Gasteiger partial charge in [0, 0.05) is 6.42 Å². The number of hydrogen-bond donors (Lipinski definition) is 6. The van der Waals surface area contributed by atoms with Crippen LogP contribution in [0.5, 0.6) is 0 Å². The monoisotopic (exact) mass is 677 g/mol. The van der Waals surface area contributed by atoms with Crippen LogP contribution in [0.3, 0.4) is 0 Å². The Kier molecular flexibility index (Phi) is 14.2. The summed E-state index contributed by atoms with van der Waals surface area (Å²) < 4.78 is 5.21. The largest absolute Gasteiger partial charge is 0.464 e. The van der Waals surface area contributed by atoms with Crippen molar-refractivity contribution in [1.29, 1.82) is 0 Å². The number of nitrogens with one attached hydrogen (secondary N) is 2. The number of carbonyl (C=O) groups excluding carboxylic acids is 3. The lowest BCUT2D eigenvalue weighted by Gasteiger charge is -2.62. The first-order chi connectivity index (χ1) is 22.9. The number of esters is 1. The normalized spacial score (nSPS) is 36.1. The number of aliphatic hydroxyl groups excluding tert-OH is 2. The molecule has 0 aromatic rings. The number of unbranched alkanes of at least 4 members (excludes halogenated alkanes) is 2. The molecule has 0 saturated heterocycles. The lowest BCUT2D eigenvalue weighted by molar-refractivity contribution is -0.174. The third kappa shape index (κ3) is 8.75. The topological polar surface area (TPSA) is 177 Å². The predicted molar refractivity (Wildman–Crippen MR) is 187 cm³/mol. The van der Waals surface area contributed by atoms with E-state index < -0.39 is 18.1 Å². The molecule has 10 nitrogen and oxygen atoms in total. The molecule has 2 amide bonds. The summed E-state index contributed by atoms with van der Waals surface area (Å²) in [4.78, 5) is 39.4. The lowest BCUT2D eigenvalue weighted by atomic mass is 9.43. The Morgan fingerprint density at radius 2 is 1.48 bits per heavy atom. The van der Waals surface area contributed by atoms with Gasteiger partial charge in [-0.25, -0.2) is 4.79 Å². The zero-order valence-electron chi connectivity index (χ0n) is 30.4. The highest BCUT2D eigenvalue weighted by atomic mass is 16.5. The molecule has 8 N–H and O–H groups in total. The van der Waals surface area contributed by atoms with Crippen LogP contribution in [0.1, 0.15) is 130 Å². The highest BCUT2D eigenvalue weighted by Crippen LogP contribution is 2.68. The number of rotatable bonds is 17. The third-order valence-electron chi connectivity index (χ3n) is 13.7. The average molecular weight is 677 g/mol. The number of carbonyl (C=O) groups is 3. The zero-order valence-corrected chi connectivity index (χ0v) is 30.4. The summed E-state index contributed by atoms with van der Waals surface area (Å²) in [5.41, 5.74) is 11.7. The van der Waals surface area contributed by atoms with E-state index in [1.54, 1.807) is 6.92 Å². The van der Waals surface area contributed by atoms with Crippen LogP contribution in [-0.2, 0) is 19.1 Å². The van der Waals surface area contributed by atoms with Crippen LogP contribution in [0.15, 0.2) is 0 Å². The Labute approximate surface area is 289 Å². The van der Waals surface area contributed by atoms with Crippen LogP contribution in [0, 0.1) is 46.3 Å². The van der Waals surface area contributed by atoms with Crippen LogP contribution in [0.2, 0.25) is 0 Å². The maximum Gasteiger partial charge on any atom is 0.328 e. The fraction of sp³-hybridized carbons (Fsp3) is 0.921. The number of amides is 2. The summed E-state index contributed by atoms with van der Waals surface area (Å²) in [7, 11) is 0. The summed E-state index contributed by atoms with van der Waals surface area (Å²) >= 11 is 0. The molecule has 4 aliphatic carbocycles. The second-order valence-electron chi connectivity index (χ2n) is 16.5. The van der Waals surface area contributed by atoms with Gasteiger partial charge < -0.3 is 37.1 Å². The van der Waals surface area contributed by atoms with Crippen molar-refractivity contribution in [3.63, 3.8) is 0 Å². The molecule has 4 saturated carbocycles. The lowest BCUT2D eigenvalue weighted by Crippen LogP contribution is -2.58. The first-order valence-corrected chi connectivity index (χ1v) is 19.4. The number of hydrogen-bond acceptors (Lipinski definition) is 8. The van der Waals surface area contributed by atoms with E-state index in [0.717, 1.165) is 70.6 Å². The van der Waals surface area contributed by atoms with E-state index in [0.29, 0.717) is 80.7 Å². The maximum atomic E-state index is 13.4. The second-order valence-corrected chi connectivity index (χ2v) is 16.5. The molecule has 276 valence electrons. The molecule has 0 heterocycles. The Bertz CT molecular complexity index is 1080. The van der Waals surface area contributed by atoms with Gasteiger partial charge in [-0.2, -0.15) is 0 Å². The van der Waals surface area contributed by atoms with Crippen LogP contribution in [0.25, 0.3) is 0 Å². The molecule has 4 aliphatic rings. The van der Waals surface area contributed by atoms with E-state index in [4.69, 9.17) is 16.2 Å². The quantitative estimate of drug-likeness (QED) is 0.0982. The van der Waals surface area contributed by atoms with E-state index in [9.17, 15) is 24.6 Å². The summed E-state index contributed by atoms with van der Waals surface area (Å²) in [6, 6.07) is -1.52. The van der Waals surface area contributed by atoms with Gasteiger partial charge in [0.1, 0.15) is 12.1 Å². The molecule has 4 rings (SSSR count). The summed E-state index contributed by atoms with van der Waals surface area (Å²) in [6.45, 7) is 10.2. The van der Waals surface area contributed by atoms with E-state index >= 15 is 0 Å². The molecule has 0 aliphatic heterocycles. The van der Waals surface area contributed by atoms with Crippen LogP contribution in [-0.4, -0.2) is 72.0 Å². The van der Waals surface area contributed by atoms with Crippen LogP contribution >= 0.6 is 0 Å². The van der Waals surface area contributed by atoms with Crippen LogP contribution < -0.4 is 22.1 Å². The van der Waals surface area contributed by atoms with Crippen molar-refractivity contribution in [2.75, 3.05) is 19.7 Å².